The highest BCUT2D eigenvalue weighted by Gasteiger charge is 2.56. The van der Waals surface area contributed by atoms with E-state index in [1.54, 1.807) is 6.92 Å². The average molecular weight is 290 g/mol. The Morgan fingerprint density at radius 3 is 2.14 bits per heavy atom. The molecule has 5 aliphatic rings. The number of hydrogen-bond acceptors (Lipinski definition) is 4. The second-order valence-corrected chi connectivity index (χ2v) is 7.89. The zero-order valence-corrected chi connectivity index (χ0v) is 12.5. The van der Waals surface area contributed by atoms with Gasteiger partial charge in [-0.2, -0.15) is 0 Å². The first kappa shape index (κ1) is 13.4. The molecule has 0 aromatic carbocycles. The fourth-order valence-corrected chi connectivity index (χ4v) is 5.37. The lowest BCUT2D eigenvalue weighted by Crippen LogP contribution is -2.55. The first-order valence-electron chi connectivity index (χ1n) is 8.02. The SMILES string of the molecule is C=C1CC(C)(C(=O)OC23CC4CC(CC(C4)C2)C3)OC1=O. The van der Waals surface area contributed by atoms with Gasteiger partial charge < -0.3 is 9.47 Å². The van der Waals surface area contributed by atoms with Crippen LogP contribution in [0.15, 0.2) is 12.2 Å². The van der Waals surface area contributed by atoms with Crippen LogP contribution in [0.25, 0.3) is 0 Å². The highest BCUT2D eigenvalue weighted by atomic mass is 16.6. The summed E-state index contributed by atoms with van der Waals surface area (Å²) < 4.78 is 11.2. The van der Waals surface area contributed by atoms with E-state index in [4.69, 9.17) is 9.47 Å². The third-order valence-corrected chi connectivity index (χ3v) is 5.88. The van der Waals surface area contributed by atoms with E-state index < -0.39 is 11.6 Å². The third-order valence-electron chi connectivity index (χ3n) is 5.88. The fourth-order valence-electron chi connectivity index (χ4n) is 5.37. The highest BCUT2D eigenvalue weighted by molar-refractivity contribution is 5.96. The first-order chi connectivity index (χ1) is 9.87. The van der Waals surface area contributed by atoms with Gasteiger partial charge in [-0.25, -0.2) is 9.59 Å². The number of carbonyl (C=O) groups is 2. The molecule has 0 aromatic heterocycles. The molecule has 1 unspecified atom stereocenters. The predicted molar refractivity (Wildman–Crippen MR) is 75.2 cm³/mol. The van der Waals surface area contributed by atoms with Gasteiger partial charge in [0.05, 0.1) is 0 Å². The number of ether oxygens (including phenoxy) is 2. The van der Waals surface area contributed by atoms with Crippen LogP contribution in [0, 0.1) is 17.8 Å². The van der Waals surface area contributed by atoms with Crippen molar-refractivity contribution in [1.82, 2.24) is 0 Å². The van der Waals surface area contributed by atoms with E-state index in [2.05, 4.69) is 6.58 Å². The molecule has 0 N–H and O–H groups in total. The molecule has 1 atom stereocenters. The van der Waals surface area contributed by atoms with E-state index in [1.165, 1.54) is 19.3 Å². The Kier molecular flexibility index (Phi) is 2.61. The quantitative estimate of drug-likeness (QED) is 0.579. The molecule has 4 heteroatoms. The molecule has 0 aromatic rings. The van der Waals surface area contributed by atoms with Crippen LogP contribution in [0.5, 0.6) is 0 Å². The molecule has 114 valence electrons. The second kappa shape index (κ2) is 4.11. The van der Waals surface area contributed by atoms with Gasteiger partial charge in [-0.15, -0.1) is 0 Å². The van der Waals surface area contributed by atoms with Crippen LogP contribution in [0.2, 0.25) is 0 Å². The number of rotatable bonds is 2. The van der Waals surface area contributed by atoms with E-state index >= 15 is 0 Å². The first-order valence-corrected chi connectivity index (χ1v) is 8.02. The van der Waals surface area contributed by atoms with Gasteiger partial charge in [-0.3, -0.25) is 0 Å². The molecular weight excluding hydrogens is 268 g/mol. The molecule has 0 amide bonds. The zero-order valence-electron chi connectivity index (χ0n) is 12.5. The Hall–Kier alpha value is -1.32. The van der Waals surface area contributed by atoms with E-state index in [9.17, 15) is 9.59 Å². The van der Waals surface area contributed by atoms with Crippen LogP contribution in [0.4, 0.5) is 0 Å². The monoisotopic (exact) mass is 290 g/mol. The summed E-state index contributed by atoms with van der Waals surface area (Å²) in [7, 11) is 0. The Bertz CT molecular complexity index is 482. The van der Waals surface area contributed by atoms with Crippen molar-refractivity contribution in [2.24, 2.45) is 17.8 Å². The normalized spacial score (nSPS) is 47.6. The largest absolute Gasteiger partial charge is 0.456 e. The van der Waals surface area contributed by atoms with Gasteiger partial charge in [0.15, 0.2) is 0 Å². The highest BCUT2D eigenvalue weighted by Crippen LogP contribution is 2.57. The van der Waals surface area contributed by atoms with Crippen LogP contribution >= 0.6 is 0 Å². The Labute approximate surface area is 124 Å². The smallest absolute Gasteiger partial charge is 0.351 e. The van der Waals surface area contributed by atoms with Crippen LogP contribution in [0.3, 0.4) is 0 Å². The van der Waals surface area contributed by atoms with Gasteiger partial charge in [0.1, 0.15) is 5.60 Å². The van der Waals surface area contributed by atoms with Crippen molar-refractivity contribution >= 4 is 11.9 Å². The molecule has 1 saturated heterocycles. The minimum absolute atomic E-state index is 0.247. The maximum Gasteiger partial charge on any atom is 0.351 e. The van der Waals surface area contributed by atoms with Crippen molar-refractivity contribution < 1.29 is 19.1 Å². The van der Waals surface area contributed by atoms with Crippen LogP contribution in [0.1, 0.15) is 51.9 Å². The lowest BCUT2D eigenvalue weighted by Gasteiger charge is -2.56. The van der Waals surface area contributed by atoms with Crippen molar-refractivity contribution in [3.05, 3.63) is 12.2 Å². The Morgan fingerprint density at radius 1 is 1.19 bits per heavy atom. The summed E-state index contributed by atoms with van der Waals surface area (Å²) in [6.45, 7) is 5.30. The fraction of sp³-hybridized carbons (Fsp3) is 0.765. The third kappa shape index (κ3) is 2.02. The standard InChI is InChI=1S/C17H22O4/c1-10-6-16(2,20-14(10)18)15(19)21-17-7-11-3-12(8-17)5-13(4-11)9-17/h11-13H,1,3-9H2,2H3. The second-order valence-electron chi connectivity index (χ2n) is 7.89. The van der Waals surface area contributed by atoms with Crippen LogP contribution in [-0.4, -0.2) is 23.1 Å². The summed E-state index contributed by atoms with van der Waals surface area (Å²) in [6.07, 6.45) is 7.15. The summed E-state index contributed by atoms with van der Waals surface area (Å²) in [5, 5.41) is 0. The van der Waals surface area contributed by atoms with Crippen molar-refractivity contribution in [2.45, 2.75) is 63.1 Å². The molecule has 4 bridgehead atoms. The van der Waals surface area contributed by atoms with Gasteiger partial charge in [-0.05, 0) is 63.2 Å². The Balaban J connectivity index is 1.52. The zero-order chi connectivity index (χ0) is 14.8. The average Bonchev–Trinajstić information content (AvgIpc) is 2.62. The number of esters is 2. The van der Waals surface area contributed by atoms with Gasteiger partial charge in [0.25, 0.3) is 0 Å². The van der Waals surface area contributed by atoms with Crippen molar-refractivity contribution in [1.29, 1.82) is 0 Å². The lowest BCUT2D eigenvalue weighted by atomic mass is 9.54. The van der Waals surface area contributed by atoms with E-state index in [0.717, 1.165) is 37.0 Å². The predicted octanol–water partition coefficient (Wildman–Crippen LogP) is 2.76. The van der Waals surface area contributed by atoms with Gasteiger partial charge in [0, 0.05) is 12.0 Å². The van der Waals surface area contributed by atoms with Crippen molar-refractivity contribution in [3.8, 4) is 0 Å². The molecule has 5 fully saturated rings. The minimum atomic E-state index is -1.17. The number of carbonyl (C=O) groups excluding carboxylic acids is 2. The maximum absolute atomic E-state index is 12.6. The summed E-state index contributed by atoms with van der Waals surface area (Å²) in [6, 6.07) is 0. The maximum atomic E-state index is 12.6. The molecule has 4 saturated carbocycles. The molecule has 0 spiro atoms. The van der Waals surface area contributed by atoms with Crippen LogP contribution < -0.4 is 0 Å². The lowest BCUT2D eigenvalue weighted by molar-refractivity contribution is -0.205. The topological polar surface area (TPSA) is 52.6 Å². The minimum Gasteiger partial charge on any atom is -0.456 e. The van der Waals surface area contributed by atoms with E-state index in [1.807, 2.05) is 0 Å². The molecule has 21 heavy (non-hydrogen) atoms. The van der Waals surface area contributed by atoms with E-state index in [-0.39, 0.29) is 18.0 Å². The summed E-state index contributed by atoms with van der Waals surface area (Å²) >= 11 is 0. The van der Waals surface area contributed by atoms with E-state index in [0.29, 0.717) is 5.57 Å². The summed E-state index contributed by atoms with van der Waals surface area (Å²) in [4.78, 5) is 24.1. The molecule has 4 nitrogen and oxygen atoms in total. The van der Waals surface area contributed by atoms with Crippen molar-refractivity contribution in [2.75, 3.05) is 0 Å². The molecule has 1 heterocycles. The molecule has 5 rings (SSSR count). The molecule has 0 radical (unpaired) electrons. The summed E-state index contributed by atoms with van der Waals surface area (Å²) in [5.41, 5.74) is -1.09. The molecule has 1 aliphatic heterocycles. The van der Waals surface area contributed by atoms with Gasteiger partial charge in [-0.1, -0.05) is 6.58 Å². The number of cyclic esters (lactones) is 1. The van der Waals surface area contributed by atoms with Gasteiger partial charge >= 0.3 is 11.9 Å². The van der Waals surface area contributed by atoms with Crippen molar-refractivity contribution in [3.63, 3.8) is 0 Å². The van der Waals surface area contributed by atoms with Gasteiger partial charge in [0.2, 0.25) is 5.60 Å². The Morgan fingerprint density at radius 2 is 1.71 bits per heavy atom. The molecule has 4 aliphatic carbocycles. The summed E-state index contributed by atoms with van der Waals surface area (Å²) in [5.74, 6) is 1.31. The molecular formula is C17H22O4. The van der Waals surface area contributed by atoms with Crippen LogP contribution in [-0.2, 0) is 19.1 Å². The number of hydrogen-bond donors (Lipinski definition) is 0.